The number of rotatable bonds is 6. The molecule has 0 atom stereocenters. The van der Waals surface area contributed by atoms with Crippen molar-refractivity contribution in [3.63, 3.8) is 0 Å². The zero-order chi connectivity index (χ0) is 11.3. The number of hydrogen-bond acceptors (Lipinski definition) is 4. The van der Waals surface area contributed by atoms with Crippen molar-refractivity contribution in [2.24, 2.45) is 5.92 Å². The lowest BCUT2D eigenvalue weighted by Crippen LogP contribution is -2.18. The molecule has 3 nitrogen and oxygen atoms in total. The molecular formula is C11H20N2OS. The summed E-state index contributed by atoms with van der Waals surface area (Å²) in [7, 11) is 0. The van der Waals surface area contributed by atoms with Crippen molar-refractivity contribution >= 4 is 11.3 Å². The number of nitrogens with zero attached hydrogens (tertiary/aromatic N) is 1. The molecule has 0 amide bonds. The van der Waals surface area contributed by atoms with Gasteiger partial charge in [0, 0.05) is 11.4 Å². The summed E-state index contributed by atoms with van der Waals surface area (Å²) in [5, 5.41) is 13.2. The summed E-state index contributed by atoms with van der Waals surface area (Å²) in [5.74, 6) is 0.667. The smallest absolute Gasteiger partial charge is 0.119 e. The highest BCUT2D eigenvalue weighted by atomic mass is 32.1. The molecular weight excluding hydrogens is 208 g/mol. The molecule has 0 aromatic carbocycles. The summed E-state index contributed by atoms with van der Waals surface area (Å²) < 4.78 is 0. The van der Waals surface area contributed by atoms with E-state index in [9.17, 15) is 0 Å². The van der Waals surface area contributed by atoms with Gasteiger partial charge in [-0.3, -0.25) is 0 Å². The van der Waals surface area contributed by atoms with Gasteiger partial charge in [0.15, 0.2) is 0 Å². The number of nitrogens with one attached hydrogen (secondary N) is 1. The van der Waals surface area contributed by atoms with Gasteiger partial charge in [-0.1, -0.05) is 20.8 Å². The van der Waals surface area contributed by atoms with E-state index in [1.165, 1.54) is 4.88 Å². The molecule has 0 unspecified atom stereocenters. The minimum Gasteiger partial charge on any atom is -0.389 e. The first-order valence-corrected chi connectivity index (χ1v) is 6.28. The molecule has 1 rings (SSSR count). The summed E-state index contributed by atoms with van der Waals surface area (Å²) >= 11 is 1.61. The van der Waals surface area contributed by atoms with Crippen LogP contribution in [0.4, 0.5) is 0 Å². The van der Waals surface area contributed by atoms with Crippen LogP contribution in [0.5, 0.6) is 0 Å². The Morgan fingerprint density at radius 2 is 2.20 bits per heavy atom. The van der Waals surface area contributed by atoms with Gasteiger partial charge >= 0.3 is 0 Å². The molecule has 1 aromatic heterocycles. The van der Waals surface area contributed by atoms with Crippen LogP contribution < -0.4 is 5.32 Å². The van der Waals surface area contributed by atoms with Gasteiger partial charge in [0.25, 0.3) is 0 Å². The van der Waals surface area contributed by atoms with Gasteiger partial charge in [0.2, 0.25) is 0 Å². The highest BCUT2D eigenvalue weighted by Gasteiger charge is 2.08. The second kappa shape index (κ2) is 6.20. The molecule has 0 spiro atoms. The summed E-state index contributed by atoms with van der Waals surface area (Å²) in [6.07, 6.45) is 0.940. The van der Waals surface area contributed by atoms with E-state index >= 15 is 0 Å². The van der Waals surface area contributed by atoms with E-state index in [1.54, 1.807) is 11.3 Å². The molecule has 1 heterocycles. The number of aromatic nitrogens is 1. The monoisotopic (exact) mass is 228 g/mol. The van der Waals surface area contributed by atoms with Crippen LogP contribution in [0.3, 0.4) is 0 Å². The molecule has 0 aliphatic heterocycles. The van der Waals surface area contributed by atoms with E-state index in [0.717, 1.165) is 30.2 Å². The normalized spacial score (nSPS) is 11.3. The van der Waals surface area contributed by atoms with Gasteiger partial charge in [-0.2, -0.15) is 0 Å². The summed E-state index contributed by atoms with van der Waals surface area (Å²) in [4.78, 5) is 5.64. The fourth-order valence-corrected chi connectivity index (χ4v) is 2.38. The zero-order valence-corrected chi connectivity index (χ0v) is 10.5. The molecule has 4 heteroatoms. The predicted octanol–water partition coefficient (Wildman–Crippen LogP) is 1.94. The maximum Gasteiger partial charge on any atom is 0.119 e. The molecule has 86 valence electrons. The molecule has 1 aromatic rings. The van der Waals surface area contributed by atoms with Gasteiger partial charge in [0.05, 0.1) is 12.3 Å². The van der Waals surface area contributed by atoms with Crippen LogP contribution in [0.1, 0.15) is 36.3 Å². The number of aliphatic hydroxyl groups is 1. The van der Waals surface area contributed by atoms with Crippen LogP contribution >= 0.6 is 11.3 Å². The van der Waals surface area contributed by atoms with Crippen molar-refractivity contribution in [1.29, 1.82) is 0 Å². The lowest BCUT2D eigenvalue weighted by atomic mass is 10.2. The fraction of sp³-hybridized carbons (Fsp3) is 0.727. The molecule has 0 aliphatic carbocycles. The first-order valence-electron chi connectivity index (χ1n) is 5.46. The van der Waals surface area contributed by atoms with Crippen molar-refractivity contribution in [1.82, 2.24) is 10.3 Å². The van der Waals surface area contributed by atoms with Crippen molar-refractivity contribution < 1.29 is 5.11 Å². The maximum absolute atomic E-state index is 9.01. The van der Waals surface area contributed by atoms with E-state index in [4.69, 9.17) is 5.11 Å². The predicted molar refractivity (Wildman–Crippen MR) is 64.0 cm³/mol. The second-order valence-corrected chi connectivity index (χ2v) is 5.18. The number of thiazole rings is 1. The number of aliphatic hydroxyl groups excluding tert-OH is 1. The van der Waals surface area contributed by atoms with Crippen molar-refractivity contribution in [2.45, 2.75) is 40.3 Å². The Hall–Kier alpha value is -0.450. The van der Waals surface area contributed by atoms with E-state index in [0.29, 0.717) is 5.92 Å². The van der Waals surface area contributed by atoms with Crippen LogP contribution in [0, 0.1) is 5.92 Å². The van der Waals surface area contributed by atoms with Crippen molar-refractivity contribution in [2.75, 3.05) is 6.54 Å². The van der Waals surface area contributed by atoms with Gasteiger partial charge in [-0.15, -0.1) is 11.3 Å². The lowest BCUT2D eigenvalue weighted by molar-refractivity contribution is 0.281. The van der Waals surface area contributed by atoms with Crippen LogP contribution in [0.2, 0.25) is 0 Å². The molecule has 2 N–H and O–H groups in total. The molecule has 0 bridgehead atoms. The molecule has 15 heavy (non-hydrogen) atoms. The minimum atomic E-state index is 0.0574. The third-order valence-electron chi connectivity index (χ3n) is 2.13. The Kier molecular flexibility index (Phi) is 5.22. The topological polar surface area (TPSA) is 45.2 Å². The Morgan fingerprint density at radius 3 is 2.73 bits per heavy atom. The highest BCUT2D eigenvalue weighted by molar-refractivity contribution is 7.11. The summed E-state index contributed by atoms with van der Waals surface area (Å²) in [5.41, 5.74) is 1.13. The van der Waals surface area contributed by atoms with Crippen LogP contribution in [0.25, 0.3) is 0 Å². The van der Waals surface area contributed by atoms with E-state index in [2.05, 4.69) is 31.1 Å². The molecule has 0 saturated heterocycles. The largest absolute Gasteiger partial charge is 0.389 e. The van der Waals surface area contributed by atoms with Crippen molar-refractivity contribution in [3.05, 3.63) is 15.6 Å². The third-order valence-corrected chi connectivity index (χ3v) is 3.21. The molecule has 0 fully saturated rings. The summed E-state index contributed by atoms with van der Waals surface area (Å²) in [6.45, 7) is 8.44. The minimum absolute atomic E-state index is 0.0574. The van der Waals surface area contributed by atoms with Crippen LogP contribution in [-0.2, 0) is 19.6 Å². The molecule has 0 saturated carbocycles. The number of hydrogen-bond donors (Lipinski definition) is 2. The lowest BCUT2D eigenvalue weighted by Gasteiger charge is -2.06. The molecule has 0 radical (unpaired) electrons. The Balaban J connectivity index is 2.54. The first kappa shape index (κ1) is 12.6. The average molecular weight is 228 g/mol. The Bertz CT molecular complexity index is 297. The van der Waals surface area contributed by atoms with Crippen molar-refractivity contribution in [3.8, 4) is 0 Å². The highest BCUT2D eigenvalue weighted by Crippen LogP contribution is 2.19. The van der Waals surface area contributed by atoms with E-state index < -0.39 is 0 Å². The summed E-state index contributed by atoms with van der Waals surface area (Å²) in [6, 6.07) is 0. The van der Waals surface area contributed by atoms with Gasteiger partial charge < -0.3 is 10.4 Å². The fourth-order valence-electron chi connectivity index (χ4n) is 1.39. The first-order chi connectivity index (χ1) is 7.17. The van der Waals surface area contributed by atoms with E-state index in [-0.39, 0.29) is 6.61 Å². The standard InChI is InChI=1S/C11H20N2OS/c1-4-9-10(6-12-5-8(2)3)15-11(7-14)13-9/h8,12,14H,4-7H2,1-3H3. The Labute approximate surface area is 95.6 Å². The quantitative estimate of drug-likeness (QED) is 0.782. The zero-order valence-electron chi connectivity index (χ0n) is 9.71. The molecule has 0 aliphatic rings. The number of aryl methyl sites for hydroxylation is 1. The van der Waals surface area contributed by atoms with Crippen LogP contribution in [-0.4, -0.2) is 16.6 Å². The maximum atomic E-state index is 9.01. The van der Waals surface area contributed by atoms with Crippen LogP contribution in [0.15, 0.2) is 0 Å². The van der Waals surface area contributed by atoms with Gasteiger partial charge in [0.1, 0.15) is 5.01 Å². The second-order valence-electron chi connectivity index (χ2n) is 4.01. The van der Waals surface area contributed by atoms with E-state index in [1.807, 2.05) is 0 Å². The Morgan fingerprint density at radius 1 is 1.47 bits per heavy atom. The average Bonchev–Trinajstić information content (AvgIpc) is 2.60. The SMILES string of the molecule is CCc1nc(CO)sc1CNCC(C)C. The third kappa shape index (κ3) is 3.89. The van der Waals surface area contributed by atoms with Gasteiger partial charge in [-0.25, -0.2) is 4.98 Å². The van der Waals surface area contributed by atoms with Gasteiger partial charge in [-0.05, 0) is 18.9 Å².